The van der Waals surface area contributed by atoms with E-state index >= 15 is 0 Å². The average molecular weight is 285 g/mol. The SMILES string of the molecule is COCCNC(=S)NNC1=CC[C@@H](C(C)(C)C)CC1. The molecule has 0 aliphatic heterocycles. The third-order valence-electron chi connectivity index (χ3n) is 3.56. The summed E-state index contributed by atoms with van der Waals surface area (Å²) in [5.41, 5.74) is 7.83. The molecule has 0 unspecified atom stereocenters. The topological polar surface area (TPSA) is 45.3 Å². The number of allylic oxidation sites excluding steroid dienone is 2. The predicted molar refractivity (Wildman–Crippen MR) is 83.6 cm³/mol. The van der Waals surface area contributed by atoms with Crippen LogP contribution in [-0.4, -0.2) is 25.4 Å². The Morgan fingerprint density at radius 1 is 1.47 bits per heavy atom. The molecule has 110 valence electrons. The number of thiocarbonyl (C=S) groups is 1. The highest BCUT2D eigenvalue weighted by Crippen LogP contribution is 2.36. The number of rotatable bonds is 5. The van der Waals surface area contributed by atoms with Gasteiger partial charge >= 0.3 is 0 Å². The molecular weight excluding hydrogens is 258 g/mol. The number of ether oxygens (including phenoxy) is 1. The van der Waals surface area contributed by atoms with E-state index in [1.165, 1.54) is 12.1 Å². The van der Waals surface area contributed by atoms with Gasteiger partial charge < -0.3 is 15.5 Å². The molecule has 0 radical (unpaired) electrons. The largest absolute Gasteiger partial charge is 0.383 e. The molecule has 3 N–H and O–H groups in total. The van der Waals surface area contributed by atoms with E-state index in [0.717, 1.165) is 25.3 Å². The second-order valence-corrected chi connectivity index (χ2v) is 6.47. The van der Waals surface area contributed by atoms with Crippen molar-refractivity contribution in [2.75, 3.05) is 20.3 Å². The molecule has 0 heterocycles. The first kappa shape index (κ1) is 16.2. The molecule has 19 heavy (non-hydrogen) atoms. The van der Waals surface area contributed by atoms with Gasteiger partial charge in [0, 0.05) is 19.4 Å². The highest BCUT2D eigenvalue weighted by molar-refractivity contribution is 7.80. The molecule has 0 spiro atoms. The van der Waals surface area contributed by atoms with E-state index in [1.807, 2.05) is 0 Å². The summed E-state index contributed by atoms with van der Waals surface area (Å²) in [6, 6.07) is 0. The molecule has 0 aromatic rings. The van der Waals surface area contributed by atoms with Crippen molar-refractivity contribution in [1.29, 1.82) is 0 Å². The average Bonchev–Trinajstić information content (AvgIpc) is 2.36. The first-order valence-corrected chi connectivity index (χ1v) is 7.32. The van der Waals surface area contributed by atoms with E-state index in [1.54, 1.807) is 7.11 Å². The first-order valence-electron chi connectivity index (χ1n) is 6.91. The van der Waals surface area contributed by atoms with E-state index in [-0.39, 0.29) is 0 Å². The van der Waals surface area contributed by atoms with Crippen molar-refractivity contribution in [3.63, 3.8) is 0 Å². The van der Waals surface area contributed by atoms with Crippen LogP contribution in [0.15, 0.2) is 11.8 Å². The van der Waals surface area contributed by atoms with Gasteiger partial charge in [0.05, 0.1) is 6.61 Å². The molecule has 1 atom stereocenters. The normalized spacial score (nSPS) is 19.6. The van der Waals surface area contributed by atoms with Crippen LogP contribution in [-0.2, 0) is 4.74 Å². The number of nitrogens with one attached hydrogen (secondary N) is 3. The van der Waals surface area contributed by atoms with Crippen molar-refractivity contribution in [2.24, 2.45) is 11.3 Å². The van der Waals surface area contributed by atoms with Gasteiger partial charge in [-0.3, -0.25) is 5.43 Å². The van der Waals surface area contributed by atoms with Crippen LogP contribution < -0.4 is 16.2 Å². The van der Waals surface area contributed by atoms with Gasteiger partial charge in [-0.05, 0) is 42.8 Å². The summed E-state index contributed by atoms with van der Waals surface area (Å²) < 4.78 is 4.95. The molecule has 0 aromatic carbocycles. The van der Waals surface area contributed by atoms with Crippen LogP contribution in [0.3, 0.4) is 0 Å². The lowest BCUT2D eigenvalue weighted by Crippen LogP contribution is -2.44. The standard InChI is InChI=1S/C14H27N3OS/c1-14(2,3)11-5-7-12(8-6-11)16-17-13(19)15-9-10-18-4/h7,11,16H,5-6,8-10H2,1-4H3,(H2,15,17,19)/t11-/m1/s1. The van der Waals surface area contributed by atoms with Crippen LogP contribution in [0.1, 0.15) is 40.0 Å². The van der Waals surface area contributed by atoms with Crippen molar-refractivity contribution < 1.29 is 4.74 Å². The summed E-state index contributed by atoms with van der Waals surface area (Å²) in [7, 11) is 1.68. The molecule has 1 aliphatic rings. The Hall–Kier alpha value is -0.810. The van der Waals surface area contributed by atoms with Crippen molar-refractivity contribution in [3.05, 3.63) is 11.8 Å². The zero-order chi connectivity index (χ0) is 14.3. The van der Waals surface area contributed by atoms with Crippen LogP contribution in [0.5, 0.6) is 0 Å². The minimum absolute atomic E-state index is 0.395. The van der Waals surface area contributed by atoms with Crippen molar-refractivity contribution in [1.82, 2.24) is 16.2 Å². The molecule has 0 saturated carbocycles. The minimum Gasteiger partial charge on any atom is -0.383 e. The molecule has 0 aromatic heterocycles. The molecule has 0 fully saturated rings. The van der Waals surface area contributed by atoms with Crippen LogP contribution in [0.2, 0.25) is 0 Å². The predicted octanol–water partition coefficient (Wildman–Crippen LogP) is 2.33. The van der Waals surface area contributed by atoms with Gasteiger partial charge in [-0.25, -0.2) is 0 Å². The lowest BCUT2D eigenvalue weighted by molar-refractivity contribution is 0.203. The molecule has 1 aliphatic carbocycles. The molecule has 4 nitrogen and oxygen atoms in total. The Bertz CT molecular complexity index is 323. The monoisotopic (exact) mass is 285 g/mol. The van der Waals surface area contributed by atoms with E-state index in [2.05, 4.69) is 43.0 Å². The van der Waals surface area contributed by atoms with Crippen LogP contribution in [0.25, 0.3) is 0 Å². The number of hydrazine groups is 1. The lowest BCUT2D eigenvalue weighted by Gasteiger charge is -2.33. The number of hydrogen-bond acceptors (Lipinski definition) is 3. The second kappa shape index (κ2) is 7.70. The Morgan fingerprint density at radius 2 is 2.21 bits per heavy atom. The van der Waals surface area contributed by atoms with Crippen LogP contribution in [0, 0.1) is 11.3 Å². The maximum absolute atomic E-state index is 5.15. The van der Waals surface area contributed by atoms with E-state index in [0.29, 0.717) is 17.1 Å². The highest BCUT2D eigenvalue weighted by Gasteiger charge is 2.26. The van der Waals surface area contributed by atoms with E-state index in [9.17, 15) is 0 Å². The van der Waals surface area contributed by atoms with Crippen molar-refractivity contribution in [3.8, 4) is 0 Å². The highest BCUT2D eigenvalue weighted by atomic mass is 32.1. The Kier molecular flexibility index (Phi) is 6.58. The molecule has 0 bridgehead atoms. The smallest absolute Gasteiger partial charge is 0.185 e. The summed E-state index contributed by atoms with van der Waals surface area (Å²) >= 11 is 5.15. The van der Waals surface area contributed by atoms with Gasteiger partial charge in [0.15, 0.2) is 5.11 Å². The molecule has 0 saturated heterocycles. The fourth-order valence-corrected chi connectivity index (χ4v) is 2.34. The summed E-state index contributed by atoms with van der Waals surface area (Å²) in [6.45, 7) is 8.32. The fourth-order valence-electron chi connectivity index (χ4n) is 2.18. The van der Waals surface area contributed by atoms with Gasteiger partial charge in [0.1, 0.15) is 0 Å². The zero-order valence-corrected chi connectivity index (χ0v) is 13.3. The maximum Gasteiger partial charge on any atom is 0.185 e. The molecule has 1 rings (SSSR count). The van der Waals surface area contributed by atoms with Gasteiger partial charge in [-0.2, -0.15) is 0 Å². The first-order chi connectivity index (χ1) is 8.93. The van der Waals surface area contributed by atoms with Crippen LogP contribution in [0.4, 0.5) is 0 Å². The number of hydrogen-bond donors (Lipinski definition) is 3. The van der Waals surface area contributed by atoms with E-state index < -0.39 is 0 Å². The molecular formula is C14H27N3OS. The van der Waals surface area contributed by atoms with Gasteiger partial charge in [-0.15, -0.1) is 0 Å². The maximum atomic E-state index is 5.15. The fraction of sp³-hybridized carbons (Fsp3) is 0.786. The Balaban J connectivity index is 2.24. The van der Waals surface area contributed by atoms with Crippen molar-refractivity contribution >= 4 is 17.3 Å². The third kappa shape index (κ3) is 6.25. The third-order valence-corrected chi connectivity index (χ3v) is 3.81. The van der Waals surface area contributed by atoms with E-state index in [4.69, 9.17) is 17.0 Å². The molecule has 0 amide bonds. The van der Waals surface area contributed by atoms with Gasteiger partial charge in [-0.1, -0.05) is 26.8 Å². The minimum atomic E-state index is 0.395. The van der Waals surface area contributed by atoms with Gasteiger partial charge in [0.2, 0.25) is 0 Å². The Labute approximate surface area is 122 Å². The summed E-state index contributed by atoms with van der Waals surface area (Å²) in [6.07, 6.45) is 5.73. The molecule has 5 heteroatoms. The Morgan fingerprint density at radius 3 is 2.74 bits per heavy atom. The quantitative estimate of drug-likeness (QED) is 0.411. The van der Waals surface area contributed by atoms with Crippen LogP contribution >= 0.6 is 12.2 Å². The van der Waals surface area contributed by atoms with Crippen molar-refractivity contribution in [2.45, 2.75) is 40.0 Å². The summed E-state index contributed by atoms with van der Waals surface area (Å²) in [4.78, 5) is 0. The summed E-state index contributed by atoms with van der Waals surface area (Å²) in [5.74, 6) is 0.768. The lowest BCUT2D eigenvalue weighted by atomic mass is 9.74. The second-order valence-electron chi connectivity index (χ2n) is 6.07. The number of methoxy groups -OCH3 is 1. The summed E-state index contributed by atoms with van der Waals surface area (Å²) in [5, 5.41) is 3.67. The zero-order valence-electron chi connectivity index (χ0n) is 12.5. The van der Waals surface area contributed by atoms with Gasteiger partial charge in [0.25, 0.3) is 0 Å².